The highest BCUT2D eigenvalue weighted by molar-refractivity contribution is 7.21. The maximum atomic E-state index is 10.9. The van der Waals surface area contributed by atoms with Crippen LogP contribution >= 0.6 is 11.3 Å². The van der Waals surface area contributed by atoms with Crippen molar-refractivity contribution in [3.8, 4) is 0 Å². The summed E-state index contributed by atoms with van der Waals surface area (Å²) in [5.74, 6) is 1.22. The molecule has 0 aliphatic carbocycles. The van der Waals surface area contributed by atoms with Gasteiger partial charge in [-0.1, -0.05) is 0 Å². The van der Waals surface area contributed by atoms with Crippen molar-refractivity contribution in [2.75, 3.05) is 18.0 Å². The van der Waals surface area contributed by atoms with Gasteiger partial charge in [-0.3, -0.25) is 10.1 Å². The van der Waals surface area contributed by atoms with Crippen molar-refractivity contribution in [2.24, 2.45) is 11.7 Å². The minimum atomic E-state index is -0.384. The SMILES string of the molecule is CC(N)C1CCN(c2ncnc3sc([N+](=O)[O-])cc23)C1. The molecule has 1 aliphatic rings. The molecule has 1 saturated heterocycles. The average Bonchev–Trinajstić information content (AvgIpc) is 3.05. The number of aromatic nitrogens is 2. The molecule has 20 heavy (non-hydrogen) atoms. The normalized spacial score (nSPS) is 20.5. The summed E-state index contributed by atoms with van der Waals surface area (Å²) in [6.45, 7) is 3.73. The molecule has 8 heteroatoms. The third-order valence-electron chi connectivity index (χ3n) is 3.74. The molecule has 3 heterocycles. The highest BCUT2D eigenvalue weighted by Crippen LogP contribution is 2.36. The summed E-state index contributed by atoms with van der Waals surface area (Å²) < 4.78 is 0. The molecule has 7 nitrogen and oxygen atoms in total. The van der Waals surface area contributed by atoms with Crippen molar-refractivity contribution < 1.29 is 4.92 Å². The summed E-state index contributed by atoms with van der Waals surface area (Å²) in [5, 5.41) is 11.7. The van der Waals surface area contributed by atoms with Crippen LogP contribution in [-0.4, -0.2) is 34.0 Å². The van der Waals surface area contributed by atoms with E-state index in [1.165, 1.54) is 6.33 Å². The monoisotopic (exact) mass is 293 g/mol. The quantitative estimate of drug-likeness (QED) is 0.684. The Labute approximate surface area is 119 Å². The summed E-state index contributed by atoms with van der Waals surface area (Å²) in [6.07, 6.45) is 2.49. The standard InChI is InChI=1S/C12H15N5O2S/c1-7(13)8-2-3-16(5-8)11-9-4-10(17(18)19)20-12(9)15-6-14-11/h4,6-8H,2-3,5,13H2,1H3. The average molecular weight is 293 g/mol. The molecule has 1 aliphatic heterocycles. The molecule has 3 rings (SSSR count). The van der Waals surface area contributed by atoms with Crippen LogP contribution in [0.1, 0.15) is 13.3 Å². The zero-order chi connectivity index (χ0) is 14.3. The van der Waals surface area contributed by atoms with Gasteiger partial charge >= 0.3 is 5.00 Å². The molecule has 2 atom stereocenters. The van der Waals surface area contributed by atoms with Gasteiger partial charge in [-0.2, -0.15) is 0 Å². The summed E-state index contributed by atoms with van der Waals surface area (Å²) in [6, 6.07) is 1.71. The van der Waals surface area contributed by atoms with Gasteiger partial charge in [0.15, 0.2) is 0 Å². The summed E-state index contributed by atoms with van der Waals surface area (Å²) in [4.78, 5) is 21.7. The second-order valence-corrected chi connectivity index (χ2v) is 6.12. The minimum Gasteiger partial charge on any atom is -0.356 e. The predicted octanol–water partition coefficient (Wildman–Crippen LogP) is 1.77. The summed E-state index contributed by atoms with van der Waals surface area (Å²) in [5.41, 5.74) is 5.95. The van der Waals surface area contributed by atoms with Gasteiger partial charge in [0.2, 0.25) is 0 Å². The van der Waals surface area contributed by atoms with Crippen molar-refractivity contribution in [1.82, 2.24) is 9.97 Å². The van der Waals surface area contributed by atoms with Crippen LogP contribution in [0.2, 0.25) is 0 Å². The van der Waals surface area contributed by atoms with E-state index in [1.54, 1.807) is 6.07 Å². The number of rotatable bonds is 3. The van der Waals surface area contributed by atoms with E-state index in [0.29, 0.717) is 10.7 Å². The first-order valence-electron chi connectivity index (χ1n) is 6.45. The molecule has 2 unspecified atom stereocenters. The Hall–Kier alpha value is -1.80. The van der Waals surface area contributed by atoms with E-state index in [0.717, 1.165) is 42.1 Å². The first-order valence-corrected chi connectivity index (χ1v) is 7.27. The lowest BCUT2D eigenvalue weighted by Crippen LogP contribution is -2.30. The number of fused-ring (bicyclic) bond motifs is 1. The number of hydrogen-bond acceptors (Lipinski definition) is 7. The first kappa shape index (κ1) is 13.2. The molecule has 0 aromatic carbocycles. The fourth-order valence-electron chi connectivity index (χ4n) is 2.58. The van der Waals surface area contributed by atoms with Gasteiger partial charge in [0, 0.05) is 25.2 Å². The summed E-state index contributed by atoms with van der Waals surface area (Å²) in [7, 11) is 0. The van der Waals surface area contributed by atoms with Gasteiger partial charge in [0.25, 0.3) is 0 Å². The molecule has 106 valence electrons. The molecule has 2 aromatic heterocycles. The predicted molar refractivity (Wildman–Crippen MR) is 78.0 cm³/mol. The van der Waals surface area contributed by atoms with E-state index >= 15 is 0 Å². The van der Waals surface area contributed by atoms with Crippen molar-refractivity contribution >= 4 is 32.4 Å². The Morgan fingerprint density at radius 3 is 3.05 bits per heavy atom. The lowest BCUT2D eigenvalue weighted by molar-refractivity contribution is -0.380. The fourth-order valence-corrected chi connectivity index (χ4v) is 3.39. The van der Waals surface area contributed by atoms with Crippen molar-refractivity contribution in [3.63, 3.8) is 0 Å². The smallest absolute Gasteiger partial charge is 0.326 e. The van der Waals surface area contributed by atoms with Crippen LogP contribution < -0.4 is 10.6 Å². The molecule has 1 fully saturated rings. The van der Waals surface area contributed by atoms with Gasteiger partial charge in [-0.25, -0.2) is 9.97 Å². The molecule has 0 radical (unpaired) electrons. The number of nitro groups is 1. The van der Waals surface area contributed by atoms with Gasteiger partial charge in [0.1, 0.15) is 17.0 Å². The van der Waals surface area contributed by atoms with Crippen molar-refractivity contribution in [1.29, 1.82) is 0 Å². The van der Waals surface area contributed by atoms with Gasteiger partial charge in [0.05, 0.1) is 10.3 Å². The number of thiophene rings is 1. The Bertz CT molecular complexity index is 656. The van der Waals surface area contributed by atoms with E-state index in [2.05, 4.69) is 14.9 Å². The first-order chi connectivity index (χ1) is 9.56. The van der Waals surface area contributed by atoms with E-state index in [4.69, 9.17) is 5.73 Å². The number of nitrogens with two attached hydrogens (primary N) is 1. The van der Waals surface area contributed by atoms with Crippen molar-refractivity contribution in [3.05, 3.63) is 22.5 Å². The maximum absolute atomic E-state index is 10.9. The van der Waals surface area contributed by atoms with Crippen LogP contribution in [-0.2, 0) is 0 Å². The highest BCUT2D eigenvalue weighted by atomic mass is 32.1. The van der Waals surface area contributed by atoms with Crippen LogP contribution in [0, 0.1) is 16.0 Å². The Morgan fingerprint density at radius 2 is 2.40 bits per heavy atom. The number of anilines is 1. The number of nitrogens with zero attached hydrogens (tertiary/aromatic N) is 4. The van der Waals surface area contributed by atoms with Crippen LogP contribution in [0.5, 0.6) is 0 Å². The third-order valence-corrected chi connectivity index (χ3v) is 4.74. The Kier molecular flexibility index (Phi) is 3.27. The molecule has 2 N–H and O–H groups in total. The second kappa shape index (κ2) is 4.95. The lowest BCUT2D eigenvalue weighted by atomic mass is 10.0. The summed E-state index contributed by atoms with van der Waals surface area (Å²) >= 11 is 1.08. The van der Waals surface area contributed by atoms with E-state index < -0.39 is 0 Å². The van der Waals surface area contributed by atoms with E-state index in [9.17, 15) is 10.1 Å². The van der Waals surface area contributed by atoms with Crippen LogP contribution in [0.3, 0.4) is 0 Å². The second-order valence-electron chi connectivity index (χ2n) is 5.11. The topological polar surface area (TPSA) is 98.2 Å². The van der Waals surface area contributed by atoms with Gasteiger partial charge < -0.3 is 10.6 Å². The molecule has 0 bridgehead atoms. The maximum Gasteiger partial charge on any atom is 0.326 e. The molecular formula is C12H15N5O2S. The minimum absolute atomic E-state index is 0.102. The van der Waals surface area contributed by atoms with Crippen LogP contribution in [0.4, 0.5) is 10.8 Å². The zero-order valence-corrected chi connectivity index (χ0v) is 11.8. The molecule has 0 amide bonds. The lowest BCUT2D eigenvalue weighted by Gasteiger charge is -2.19. The number of hydrogen-bond donors (Lipinski definition) is 1. The largest absolute Gasteiger partial charge is 0.356 e. The van der Waals surface area contributed by atoms with Crippen LogP contribution in [0.15, 0.2) is 12.4 Å². The Balaban J connectivity index is 1.98. The fraction of sp³-hybridized carbons (Fsp3) is 0.500. The van der Waals surface area contributed by atoms with Gasteiger partial charge in [-0.15, -0.1) is 0 Å². The zero-order valence-electron chi connectivity index (χ0n) is 11.0. The van der Waals surface area contributed by atoms with Gasteiger partial charge in [-0.05, 0) is 30.6 Å². The van der Waals surface area contributed by atoms with Crippen molar-refractivity contribution in [2.45, 2.75) is 19.4 Å². The Morgan fingerprint density at radius 1 is 1.60 bits per heavy atom. The van der Waals surface area contributed by atoms with Crippen LogP contribution in [0.25, 0.3) is 10.2 Å². The molecule has 0 saturated carbocycles. The van der Waals surface area contributed by atoms with E-state index in [-0.39, 0.29) is 16.0 Å². The van der Waals surface area contributed by atoms with E-state index in [1.807, 2.05) is 6.92 Å². The molecular weight excluding hydrogens is 278 g/mol. The molecule has 2 aromatic rings. The highest BCUT2D eigenvalue weighted by Gasteiger charge is 2.28. The molecule has 0 spiro atoms. The third kappa shape index (κ3) is 2.20.